The van der Waals surface area contributed by atoms with Gasteiger partial charge < -0.3 is 5.73 Å². The van der Waals surface area contributed by atoms with Gasteiger partial charge in [-0.15, -0.1) is 8.42 Å². The first-order valence-corrected chi connectivity index (χ1v) is 2.92. The Balaban J connectivity index is 3.78. The van der Waals surface area contributed by atoms with E-state index in [1.807, 2.05) is 0 Å². The molecule has 0 heterocycles. The van der Waals surface area contributed by atoms with Crippen molar-refractivity contribution in [3.8, 4) is 0 Å². The van der Waals surface area contributed by atoms with Crippen LogP contribution in [-0.2, 0) is 15.4 Å². The molecule has 0 fully saturated rings. The molecule has 0 aliphatic heterocycles. The van der Waals surface area contributed by atoms with Crippen molar-refractivity contribution in [1.29, 1.82) is 5.41 Å². The van der Waals surface area contributed by atoms with E-state index in [2.05, 4.69) is 14.4 Å². The molecule has 0 aliphatic carbocycles. The van der Waals surface area contributed by atoms with Gasteiger partial charge in [0.2, 0.25) is 5.96 Å². The number of rotatable bonds is 2. The molecule has 10 heavy (non-hydrogen) atoms. The van der Waals surface area contributed by atoms with E-state index in [0.29, 0.717) is 0 Å². The molecule has 0 bridgehead atoms. The second-order valence-corrected chi connectivity index (χ2v) is 1.58. The Morgan fingerprint density at radius 2 is 2.40 bits per heavy atom. The van der Waals surface area contributed by atoms with Crippen LogP contribution in [0.5, 0.6) is 0 Å². The molecule has 0 spiro atoms. The molecule has 0 aliphatic rings. The third kappa shape index (κ3) is 6.40. The molecule has 0 aromatic carbocycles. The van der Waals surface area contributed by atoms with Crippen LogP contribution in [0.3, 0.4) is 0 Å². The molecule has 0 amide bonds. The topological polar surface area (TPSA) is 132 Å². The molecule has 4 N–H and O–H groups in total. The summed E-state index contributed by atoms with van der Waals surface area (Å²) < 4.78 is 21.7. The van der Waals surface area contributed by atoms with Gasteiger partial charge >= 0.3 is 15.8 Å². The average molecular weight is 166 g/mol. The van der Waals surface area contributed by atoms with Crippen molar-refractivity contribution in [2.45, 2.75) is 0 Å². The van der Waals surface area contributed by atoms with Gasteiger partial charge in [-0.1, -0.05) is 0 Å². The largest absolute Gasteiger partial charge is 0.626 e. The highest BCUT2D eigenvalue weighted by atomic mass is 32.2. The minimum Gasteiger partial charge on any atom is -0.368 e. The molecule has 56 valence electrons. The summed E-state index contributed by atoms with van der Waals surface area (Å²) in [6.45, 7) is 0. The molecule has 0 aromatic heterocycles. The van der Waals surface area contributed by atoms with E-state index in [9.17, 15) is 8.42 Å². The van der Waals surface area contributed by atoms with E-state index >= 15 is 0 Å². The molecular weight excluding hydrogens is 162 g/mol. The van der Waals surface area contributed by atoms with E-state index in [1.54, 1.807) is 5.48 Å². The van der Waals surface area contributed by atoms with E-state index in [1.165, 1.54) is 0 Å². The minimum atomic E-state index is -2.65. The molecule has 0 atom stereocenters. The highest BCUT2D eigenvalue weighted by Crippen LogP contribution is 1.58. The zero-order valence-electron chi connectivity index (χ0n) is 4.60. The van der Waals surface area contributed by atoms with Crippen molar-refractivity contribution >= 4 is 16.5 Å². The van der Waals surface area contributed by atoms with Crippen molar-refractivity contribution in [2.24, 2.45) is 11.0 Å². The quantitative estimate of drug-likeness (QED) is 0.142. The van der Waals surface area contributed by atoms with E-state index in [4.69, 9.17) is 11.1 Å². The van der Waals surface area contributed by atoms with Crippen LogP contribution in [0.1, 0.15) is 0 Å². The van der Waals surface area contributed by atoms with Crippen LogP contribution >= 0.6 is 0 Å². The monoisotopic (exact) mass is 166 g/mol. The fourth-order valence-corrected chi connectivity index (χ4v) is 0.201. The van der Waals surface area contributed by atoms with Crippen LogP contribution in [0.2, 0.25) is 0 Å². The second-order valence-electron chi connectivity index (χ2n) is 0.987. The van der Waals surface area contributed by atoms with Crippen molar-refractivity contribution in [3.05, 3.63) is 0 Å². The molecule has 9 heteroatoms. The molecule has 0 saturated carbocycles. The summed E-state index contributed by atoms with van der Waals surface area (Å²) >= 11 is 0. The fraction of sp³-hybridized carbons (Fsp3) is 0. The van der Waals surface area contributed by atoms with Gasteiger partial charge in [0, 0.05) is 0 Å². The number of hydrogen-bond donors (Lipinski definition) is 3. The van der Waals surface area contributed by atoms with E-state index in [-0.39, 0.29) is 0 Å². The Hall–Kier alpha value is -1.60. The smallest absolute Gasteiger partial charge is 0.368 e. The van der Waals surface area contributed by atoms with Crippen LogP contribution in [0.4, 0.5) is 0 Å². The lowest BCUT2D eigenvalue weighted by Crippen LogP contribution is -2.28. The third-order valence-corrected chi connectivity index (χ3v) is 0.496. The standard InChI is InChI=1S/CH4N5O3S/c2-1(3)4-9-5-6-10(7)8/h(H4,2,3,4)/q+1. The number of nitrogens with zero attached hydrogens (tertiary/aromatic N) is 2. The maximum atomic E-state index is 9.59. The van der Waals surface area contributed by atoms with Crippen molar-refractivity contribution in [2.75, 3.05) is 0 Å². The average Bonchev–Trinajstić information content (AvgIpc) is 1.79. The Bertz CT molecular complexity index is 263. The van der Waals surface area contributed by atoms with Gasteiger partial charge in [-0.3, -0.25) is 5.41 Å². The summed E-state index contributed by atoms with van der Waals surface area (Å²) in [5.41, 5.74) is 6.43. The highest BCUT2D eigenvalue weighted by molar-refractivity contribution is 7.60. The number of nitrogens with one attached hydrogen (secondary N) is 2. The summed E-state index contributed by atoms with van der Waals surface area (Å²) in [5, 5.41) is 9.06. The van der Waals surface area contributed by atoms with Gasteiger partial charge in [0.1, 0.15) is 0 Å². The Kier molecular flexibility index (Phi) is 3.61. The maximum Gasteiger partial charge on any atom is 0.626 e. The summed E-state index contributed by atoms with van der Waals surface area (Å²) in [6.07, 6.45) is 0. The lowest BCUT2D eigenvalue weighted by atomic mass is 11.1. The number of hydrogen-bond acceptors (Lipinski definition) is 5. The highest BCUT2D eigenvalue weighted by Gasteiger charge is 1.87. The third-order valence-electron chi connectivity index (χ3n) is 0.296. The Labute approximate surface area is 56.8 Å². The van der Waals surface area contributed by atoms with Crippen molar-refractivity contribution in [3.63, 3.8) is 0 Å². The first kappa shape index (κ1) is 8.40. The zero-order chi connectivity index (χ0) is 7.98. The van der Waals surface area contributed by atoms with E-state index in [0.717, 1.165) is 0 Å². The predicted molar refractivity (Wildman–Crippen MR) is 29.6 cm³/mol. The molecule has 0 unspecified atom stereocenters. The summed E-state index contributed by atoms with van der Waals surface area (Å²) in [5.74, 6) is -0.504. The number of hydroxylamine groups is 1. The van der Waals surface area contributed by atoms with Gasteiger partial charge in [-0.05, 0) is 0 Å². The van der Waals surface area contributed by atoms with Crippen LogP contribution in [0, 0.1) is 5.41 Å². The summed E-state index contributed by atoms with van der Waals surface area (Å²) in [7, 11) is -2.65. The normalized spacial score (nSPS) is 7.20. The molecule has 8 nitrogen and oxygen atoms in total. The van der Waals surface area contributed by atoms with Crippen molar-refractivity contribution < 1.29 is 13.4 Å². The van der Waals surface area contributed by atoms with Crippen LogP contribution in [0.25, 0.3) is 0 Å². The fourth-order valence-electron chi connectivity index (χ4n) is 0.113. The second kappa shape index (κ2) is 4.30. The zero-order valence-corrected chi connectivity index (χ0v) is 5.42. The van der Waals surface area contributed by atoms with Crippen LogP contribution in [-0.4, -0.2) is 14.4 Å². The Morgan fingerprint density at radius 1 is 1.80 bits per heavy atom. The SMILES string of the molecule is N=C(N)NON=[N+]=S(=O)=O. The number of guanidine groups is 1. The number of nitrogens with two attached hydrogens (primary N) is 1. The van der Waals surface area contributed by atoms with Gasteiger partial charge in [-0.25, -0.2) is 0 Å². The molecule has 0 radical (unpaired) electrons. The predicted octanol–water partition coefficient (Wildman–Crippen LogP) is -2.10. The van der Waals surface area contributed by atoms with E-state index < -0.39 is 16.5 Å². The minimum absolute atomic E-state index is 0.504. The van der Waals surface area contributed by atoms with Gasteiger partial charge in [0.05, 0.1) is 0 Å². The Morgan fingerprint density at radius 3 is 2.80 bits per heavy atom. The van der Waals surface area contributed by atoms with Crippen LogP contribution < -0.4 is 15.4 Å². The molecule has 0 saturated heterocycles. The van der Waals surface area contributed by atoms with Crippen LogP contribution in [0.15, 0.2) is 5.28 Å². The summed E-state index contributed by atoms with van der Waals surface area (Å²) in [6, 6.07) is 0. The molecule has 0 aromatic rings. The van der Waals surface area contributed by atoms with Gasteiger partial charge in [-0.2, -0.15) is 10.4 Å². The first-order chi connectivity index (χ1) is 4.63. The lowest BCUT2D eigenvalue weighted by Gasteiger charge is -1.88. The lowest BCUT2D eigenvalue weighted by molar-refractivity contribution is 0.0728. The first-order valence-electron chi connectivity index (χ1n) is 1.89. The maximum absolute atomic E-state index is 9.59. The van der Waals surface area contributed by atoms with Gasteiger partial charge in [0.15, 0.2) is 0 Å². The molecular formula is CH4N5O3S+. The molecule has 0 rings (SSSR count). The van der Waals surface area contributed by atoms with Crippen molar-refractivity contribution in [1.82, 2.24) is 9.64 Å². The van der Waals surface area contributed by atoms with Gasteiger partial charge in [0.25, 0.3) is 4.16 Å². The summed E-state index contributed by atoms with van der Waals surface area (Å²) in [4.78, 5) is 3.87.